The number of rotatable bonds is 6. The SMILES string of the molecule is CN1CCC(CCNCCCS)C1. The van der Waals surface area contributed by atoms with E-state index in [4.69, 9.17) is 0 Å². The second-order valence-electron chi connectivity index (χ2n) is 4.03. The van der Waals surface area contributed by atoms with Crippen LogP contribution in [-0.2, 0) is 0 Å². The third-order valence-corrected chi connectivity index (χ3v) is 3.05. The summed E-state index contributed by atoms with van der Waals surface area (Å²) < 4.78 is 0. The van der Waals surface area contributed by atoms with Crippen molar-refractivity contribution in [1.82, 2.24) is 10.2 Å². The molecule has 1 N–H and O–H groups in total. The van der Waals surface area contributed by atoms with E-state index in [2.05, 4.69) is 29.9 Å². The van der Waals surface area contributed by atoms with Gasteiger partial charge in [-0.25, -0.2) is 0 Å². The average Bonchev–Trinajstić information content (AvgIpc) is 2.51. The Morgan fingerprint density at radius 2 is 2.31 bits per heavy atom. The van der Waals surface area contributed by atoms with E-state index in [1.165, 1.54) is 38.9 Å². The zero-order valence-corrected chi connectivity index (χ0v) is 9.52. The van der Waals surface area contributed by atoms with Crippen molar-refractivity contribution >= 4 is 12.6 Å². The first-order chi connectivity index (χ1) is 6.33. The molecule has 0 aromatic heterocycles. The van der Waals surface area contributed by atoms with E-state index in [0.717, 1.165) is 18.2 Å². The first-order valence-corrected chi connectivity index (χ1v) is 5.96. The van der Waals surface area contributed by atoms with Crippen molar-refractivity contribution < 1.29 is 0 Å². The van der Waals surface area contributed by atoms with E-state index in [9.17, 15) is 0 Å². The molecule has 13 heavy (non-hydrogen) atoms. The van der Waals surface area contributed by atoms with Crippen LogP contribution in [0.15, 0.2) is 0 Å². The van der Waals surface area contributed by atoms with Crippen LogP contribution in [-0.4, -0.2) is 43.9 Å². The van der Waals surface area contributed by atoms with Gasteiger partial charge in [-0.15, -0.1) is 0 Å². The van der Waals surface area contributed by atoms with E-state index in [1.54, 1.807) is 0 Å². The number of hydrogen-bond acceptors (Lipinski definition) is 3. The maximum Gasteiger partial charge on any atom is 0.000756 e. The van der Waals surface area contributed by atoms with E-state index in [-0.39, 0.29) is 0 Å². The molecule has 1 unspecified atom stereocenters. The first kappa shape index (κ1) is 11.3. The van der Waals surface area contributed by atoms with Gasteiger partial charge in [-0.2, -0.15) is 12.6 Å². The van der Waals surface area contributed by atoms with Gasteiger partial charge in [-0.3, -0.25) is 0 Å². The highest BCUT2D eigenvalue weighted by atomic mass is 32.1. The van der Waals surface area contributed by atoms with Crippen LogP contribution in [0.3, 0.4) is 0 Å². The molecule has 1 aliphatic heterocycles. The van der Waals surface area contributed by atoms with Crippen molar-refractivity contribution in [3.05, 3.63) is 0 Å². The maximum atomic E-state index is 4.18. The third-order valence-electron chi connectivity index (χ3n) is 2.73. The van der Waals surface area contributed by atoms with E-state index >= 15 is 0 Å². The molecule has 0 amide bonds. The van der Waals surface area contributed by atoms with Crippen molar-refractivity contribution in [3.8, 4) is 0 Å². The molecular formula is C10H22N2S. The maximum absolute atomic E-state index is 4.18. The summed E-state index contributed by atoms with van der Waals surface area (Å²) in [6, 6.07) is 0. The van der Waals surface area contributed by atoms with Gasteiger partial charge < -0.3 is 10.2 Å². The van der Waals surface area contributed by atoms with Gasteiger partial charge in [0.25, 0.3) is 0 Å². The van der Waals surface area contributed by atoms with Crippen LogP contribution in [0.2, 0.25) is 0 Å². The third kappa shape index (κ3) is 4.89. The molecule has 0 aromatic carbocycles. The fraction of sp³-hybridized carbons (Fsp3) is 1.00. The summed E-state index contributed by atoms with van der Waals surface area (Å²) in [4.78, 5) is 2.43. The Labute approximate surface area is 87.5 Å². The van der Waals surface area contributed by atoms with Gasteiger partial charge in [0.2, 0.25) is 0 Å². The lowest BCUT2D eigenvalue weighted by Gasteiger charge is -2.10. The van der Waals surface area contributed by atoms with E-state index in [0.29, 0.717) is 0 Å². The summed E-state index contributed by atoms with van der Waals surface area (Å²) in [5, 5.41) is 3.46. The molecule has 0 aromatic rings. The molecule has 78 valence electrons. The number of likely N-dealkylation sites (tertiary alicyclic amines) is 1. The quantitative estimate of drug-likeness (QED) is 0.498. The molecule has 0 radical (unpaired) electrons. The molecule has 1 fully saturated rings. The molecule has 1 aliphatic rings. The van der Waals surface area contributed by atoms with Crippen LogP contribution in [0.4, 0.5) is 0 Å². The van der Waals surface area contributed by atoms with Gasteiger partial charge in [-0.05, 0) is 57.6 Å². The van der Waals surface area contributed by atoms with Crippen molar-refractivity contribution in [2.24, 2.45) is 5.92 Å². The van der Waals surface area contributed by atoms with E-state index in [1.807, 2.05) is 0 Å². The Kier molecular flexibility index (Phi) is 5.83. The Bertz CT molecular complexity index is 130. The predicted molar refractivity (Wildman–Crippen MR) is 61.6 cm³/mol. The van der Waals surface area contributed by atoms with Crippen molar-refractivity contribution in [2.75, 3.05) is 39.0 Å². The van der Waals surface area contributed by atoms with Gasteiger partial charge in [0.15, 0.2) is 0 Å². The molecule has 3 heteroatoms. The Morgan fingerprint density at radius 1 is 1.46 bits per heavy atom. The first-order valence-electron chi connectivity index (χ1n) is 5.33. The lowest BCUT2D eigenvalue weighted by atomic mass is 10.1. The predicted octanol–water partition coefficient (Wildman–Crippen LogP) is 1.24. The summed E-state index contributed by atoms with van der Waals surface area (Å²) in [5.74, 6) is 1.94. The van der Waals surface area contributed by atoms with Crippen LogP contribution in [0.25, 0.3) is 0 Å². The molecule has 1 atom stereocenters. The zero-order valence-electron chi connectivity index (χ0n) is 8.63. The average molecular weight is 202 g/mol. The minimum atomic E-state index is 0.938. The summed E-state index contributed by atoms with van der Waals surface area (Å²) in [7, 11) is 2.22. The number of hydrogen-bond donors (Lipinski definition) is 2. The summed E-state index contributed by atoms with van der Waals surface area (Å²) in [6.07, 6.45) is 3.93. The zero-order chi connectivity index (χ0) is 9.52. The van der Waals surface area contributed by atoms with Gasteiger partial charge >= 0.3 is 0 Å². The highest BCUT2D eigenvalue weighted by Gasteiger charge is 2.18. The molecule has 0 saturated carbocycles. The highest BCUT2D eigenvalue weighted by Crippen LogP contribution is 2.16. The molecule has 1 heterocycles. The van der Waals surface area contributed by atoms with Gasteiger partial charge in [0, 0.05) is 6.54 Å². The molecule has 0 spiro atoms. The molecule has 1 saturated heterocycles. The van der Waals surface area contributed by atoms with Gasteiger partial charge in [0.1, 0.15) is 0 Å². The van der Waals surface area contributed by atoms with Crippen molar-refractivity contribution in [1.29, 1.82) is 0 Å². The molecule has 0 bridgehead atoms. The summed E-state index contributed by atoms with van der Waals surface area (Å²) in [6.45, 7) is 4.91. The highest BCUT2D eigenvalue weighted by molar-refractivity contribution is 7.80. The fourth-order valence-corrected chi connectivity index (χ4v) is 2.06. The van der Waals surface area contributed by atoms with Crippen LogP contribution in [0.1, 0.15) is 19.3 Å². The summed E-state index contributed by atoms with van der Waals surface area (Å²) >= 11 is 4.18. The van der Waals surface area contributed by atoms with Crippen molar-refractivity contribution in [2.45, 2.75) is 19.3 Å². The minimum Gasteiger partial charge on any atom is -0.317 e. The van der Waals surface area contributed by atoms with Crippen molar-refractivity contribution in [3.63, 3.8) is 0 Å². The Morgan fingerprint density at radius 3 is 2.92 bits per heavy atom. The van der Waals surface area contributed by atoms with Crippen LogP contribution in [0.5, 0.6) is 0 Å². The smallest absolute Gasteiger partial charge is 0.000756 e. The molecule has 1 rings (SSSR count). The number of thiol groups is 1. The van der Waals surface area contributed by atoms with Gasteiger partial charge in [0.05, 0.1) is 0 Å². The molecule has 0 aliphatic carbocycles. The second kappa shape index (κ2) is 6.68. The van der Waals surface area contributed by atoms with Gasteiger partial charge in [-0.1, -0.05) is 0 Å². The fourth-order valence-electron chi connectivity index (χ4n) is 1.90. The Balaban J connectivity index is 1.88. The minimum absolute atomic E-state index is 0.938. The van der Waals surface area contributed by atoms with Crippen LogP contribution < -0.4 is 5.32 Å². The van der Waals surface area contributed by atoms with E-state index < -0.39 is 0 Å². The standard InChI is InChI=1S/C10H22N2S/c1-12-7-4-10(9-12)3-6-11-5-2-8-13/h10-11,13H,2-9H2,1H3. The van der Waals surface area contributed by atoms with Crippen LogP contribution in [0, 0.1) is 5.92 Å². The molecule has 2 nitrogen and oxygen atoms in total. The number of nitrogens with zero attached hydrogens (tertiary/aromatic N) is 1. The monoisotopic (exact) mass is 202 g/mol. The largest absolute Gasteiger partial charge is 0.317 e. The molecular weight excluding hydrogens is 180 g/mol. The number of nitrogens with one attached hydrogen (secondary N) is 1. The van der Waals surface area contributed by atoms with Crippen LogP contribution >= 0.6 is 12.6 Å². The summed E-state index contributed by atoms with van der Waals surface area (Å²) in [5.41, 5.74) is 0. The second-order valence-corrected chi connectivity index (χ2v) is 4.48. The topological polar surface area (TPSA) is 15.3 Å². The Hall–Kier alpha value is 0.270. The lowest BCUT2D eigenvalue weighted by molar-refractivity contribution is 0.385. The normalized spacial score (nSPS) is 24.0. The lowest BCUT2D eigenvalue weighted by Crippen LogP contribution is -2.21.